The Morgan fingerprint density at radius 2 is 1.68 bits per heavy atom. The van der Waals surface area contributed by atoms with Gasteiger partial charge in [0.15, 0.2) is 0 Å². The molecule has 0 saturated heterocycles. The zero-order chi connectivity index (χ0) is 17.5. The van der Waals surface area contributed by atoms with Crippen LogP contribution in [0.4, 0.5) is 5.82 Å². The van der Waals surface area contributed by atoms with Crippen molar-refractivity contribution in [3.05, 3.63) is 23.4 Å². The van der Waals surface area contributed by atoms with E-state index in [0.717, 1.165) is 0 Å². The van der Waals surface area contributed by atoms with Gasteiger partial charge < -0.3 is 26.2 Å². The van der Waals surface area contributed by atoms with E-state index in [9.17, 15) is 0 Å². The number of nitrogens with two attached hydrogens (primary N) is 1. The molecule has 0 radical (unpaired) electrons. The molecule has 0 aliphatic heterocycles. The zero-order valence-corrected chi connectivity index (χ0v) is 15.3. The van der Waals surface area contributed by atoms with Gasteiger partial charge in [-0.2, -0.15) is 0 Å². The molecular formula is C13H23ClN4O2S2. The maximum absolute atomic E-state index is 8.62. The fourth-order valence-electron chi connectivity index (χ4n) is 1.23. The van der Waals surface area contributed by atoms with Gasteiger partial charge in [-0.25, -0.2) is 4.98 Å². The average Bonchev–Trinajstić information content (AvgIpc) is 2.43. The largest absolute Gasteiger partial charge is 0.487 e. The number of anilines is 1. The Morgan fingerprint density at radius 1 is 1.23 bits per heavy atom. The minimum absolute atomic E-state index is 0.306. The average molecular weight is 367 g/mol. The molecule has 9 heteroatoms. The molecule has 1 heterocycles. The predicted molar refractivity (Wildman–Crippen MR) is 101 cm³/mol. The fraction of sp³-hybridized carbons (Fsp3) is 0.462. The number of aliphatic hydroxyl groups is 2. The van der Waals surface area contributed by atoms with Crippen LogP contribution in [-0.2, 0) is 0 Å². The standard InChI is InChI=1S/C6H5ClN2OS.C6H15N.CH3NOS/c7-4-1-2-5(8-3-4)9-6(10)11;1-4-7(5-2)6-3;2-1(3)4/h1-3H,(H2,8,9,10,11);4-6H2,1-3H3;(H3,2,3,4). The maximum Gasteiger partial charge on any atom is 0.259 e. The van der Waals surface area contributed by atoms with Crippen LogP contribution in [0.25, 0.3) is 0 Å². The van der Waals surface area contributed by atoms with E-state index < -0.39 is 5.17 Å². The summed E-state index contributed by atoms with van der Waals surface area (Å²) in [4.78, 5) is 6.20. The topological polar surface area (TPSA) is 94.6 Å². The minimum atomic E-state index is -0.500. The van der Waals surface area contributed by atoms with Crippen LogP contribution >= 0.6 is 36.0 Å². The van der Waals surface area contributed by atoms with Gasteiger partial charge in [0.1, 0.15) is 5.82 Å². The Labute approximate surface area is 147 Å². The van der Waals surface area contributed by atoms with Gasteiger partial charge in [0.05, 0.1) is 5.02 Å². The lowest BCUT2D eigenvalue weighted by Gasteiger charge is -2.13. The number of aromatic nitrogens is 1. The van der Waals surface area contributed by atoms with Gasteiger partial charge in [-0.15, -0.1) is 0 Å². The molecule has 0 bridgehead atoms. The first kappa shape index (κ1) is 23.1. The molecule has 0 amide bonds. The van der Waals surface area contributed by atoms with E-state index in [4.69, 9.17) is 21.8 Å². The van der Waals surface area contributed by atoms with Crippen LogP contribution in [0, 0.1) is 0 Å². The van der Waals surface area contributed by atoms with Crippen molar-refractivity contribution in [1.29, 1.82) is 0 Å². The van der Waals surface area contributed by atoms with Gasteiger partial charge >= 0.3 is 0 Å². The highest BCUT2D eigenvalue weighted by Crippen LogP contribution is 2.08. The van der Waals surface area contributed by atoms with Crippen molar-refractivity contribution in [1.82, 2.24) is 9.88 Å². The molecule has 0 aliphatic carbocycles. The van der Waals surface area contributed by atoms with Crippen LogP contribution in [0.1, 0.15) is 20.8 Å². The molecule has 1 aromatic rings. The van der Waals surface area contributed by atoms with E-state index in [1.165, 1.54) is 25.8 Å². The van der Waals surface area contributed by atoms with Crippen molar-refractivity contribution >= 4 is 52.2 Å². The SMILES string of the molecule is CCN(CC)CC.NC(O)=S.OC(=S)Nc1ccc(Cl)cn1. The van der Waals surface area contributed by atoms with Crippen molar-refractivity contribution in [3.63, 3.8) is 0 Å². The monoisotopic (exact) mass is 366 g/mol. The molecule has 0 atom stereocenters. The third kappa shape index (κ3) is 16.8. The zero-order valence-electron chi connectivity index (χ0n) is 12.9. The highest BCUT2D eigenvalue weighted by molar-refractivity contribution is 7.80. The molecule has 0 unspecified atom stereocenters. The fourth-order valence-corrected chi connectivity index (χ4v) is 1.45. The minimum Gasteiger partial charge on any atom is -0.487 e. The summed E-state index contributed by atoms with van der Waals surface area (Å²) in [7, 11) is 0. The quantitative estimate of drug-likeness (QED) is 0.604. The van der Waals surface area contributed by atoms with Crippen LogP contribution in [0.2, 0.25) is 5.02 Å². The van der Waals surface area contributed by atoms with Gasteiger partial charge in [-0.1, -0.05) is 32.4 Å². The molecule has 0 aromatic carbocycles. The molecular weight excluding hydrogens is 344 g/mol. The number of pyridine rings is 1. The van der Waals surface area contributed by atoms with E-state index in [0.29, 0.717) is 10.8 Å². The van der Waals surface area contributed by atoms with Gasteiger partial charge in [0.25, 0.3) is 10.3 Å². The lowest BCUT2D eigenvalue weighted by molar-refractivity contribution is 0.321. The summed E-state index contributed by atoms with van der Waals surface area (Å²) in [5.41, 5.74) is 4.40. The third-order valence-electron chi connectivity index (χ3n) is 2.30. The summed E-state index contributed by atoms with van der Waals surface area (Å²) >= 11 is 13.8. The van der Waals surface area contributed by atoms with E-state index >= 15 is 0 Å². The Hall–Kier alpha value is -1.22. The first-order chi connectivity index (χ1) is 10.3. The van der Waals surface area contributed by atoms with E-state index in [1.54, 1.807) is 12.1 Å². The molecule has 0 spiro atoms. The van der Waals surface area contributed by atoms with Gasteiger partial charge in [0, 0.05) is 6.20 Å². The van der Waals surface area contributed by atoms with Crippen molar-refractivity contribution in [3.8, 4) is 0 Å². The molecule has 22 heavy (non-hydrogen) atoms. The number of thiocarbonyl (C=S) groups is 2. The van der Waals surface area contributed by atoms with Crippen LogP contribution in [0.15, 0.2) is 18.3 Å². The Bertz CT molecular complexity index is 419. The van der Waals surface area contributed by atoms with Gasteiger partial charge in [0.2, 0.25) is 0 Å². The summed E-state index contributed by atoms with van der Waals surface area (Å²) in [6, 6.07) is 3.26. The number of hydrogen-bond acceptors (Lipinski definition) is 4. The third-order valence-corrected chi connectivity index (χ3v) is 2.63. The Kier molecular flexibility index (Phi) is 15.4. The molecule has 5 N–H and O–H groups in total. The molecule has 0 fully saturated rings. The normalized spacial score (nSPS) is 8.95. The highest BCUT2D eigenvalue weighted by Gasteiger charge is 1.94. The van der Waals surface area contributed by atoms with E-state index in [2.05, 4.69) is 66.1 Å². The lowest BCUT2D eigenvalue weighted by Crippen LogP contribution is -2.21. The van der Waals surface area contributed by atoms with E-state index in [-0.39, 0.29) is 5.17 Å². The second kappa shape index (κ2) is 14.7. The smallest absolute Gasteiger partial charge is 0.259 e. The number of rotatable bonds is 4. The summed E-state index contributed by atoms with van der Waals surface area (Å²) < 4.78 is 0. The first-order valence-electron chi connectivity index (χ1n) is 6.58. The Balaban J connectivity index is 0. The van der Waals surface area contributed by atoms with Crippen LogP contribution in [0.3, 0.4) is 0 Å². The van der Waals surface area contributed by atoms with E-state index in [1.807, 2.05) is 0 Å². The highest BCUT2D eigenvalue weighted by atomic mass is 35.5. The van der Waals surface area contributed by atoms with Gasteiger partial charge in [-0.05, 0) is 56.2 Å². The molecule has 1 aromatic heterocycles. The second-order valence-corrected chi connectivity index (χ2v) is 4.99. The lowest BCUT2D eigenvalue weighted by atomic mass is 10.5. The van der Waals surface area contributed by atoms with Crippen LogP contribution < -0.4 is 11.1 Å². The molecule has 0 aliphatic rings. The number of hydrogen-bond donors (Lipinski definition) is 4. The number of nitrogens with zero attached hydrogens (tertiary/aromatic N) is 2. The predicted octanol–water partition coefficient (Wildman–Crippen LogP) is 3.13. The Morgan fingerprint density at radius 3 is 1.91 bits per heavy atom. The van der Waals surface area contributed by atoms with Crippen LogP contribution in [-0.4, -0.2) is 50.1 Å². The van der Waals surface area contributed by atoms with Crippen molar-refractivity contribution in [2.24, 2.45) is 5.73 Å². The number of aliphatic hydroxyl groups excluding tert-OH is 2. The molecule has 126 valence electrons. The summed E-state index contributed by atoms with van der Waals surface area (Å²) in [5, 5.41) is 18.4. The molecule has 0 saturated carbocycles. The summed E-state index contributed by atoms with van der Waals surface area (Å²) in [6.45, 7) is 10.1. The molecule has 1 rings (SSSR count). The van der Waals surface area contributed by atoms with Crippen molar-refractivity contribution < 1.29 is 10.2 Å². The maximum atomic E-state index is 8.62. The number of nitrogens with one attached hydrogen (secondary N) is 1. The number of halogens is 1. The van der Waals surface area contributed by atoms with Crippen molar-refractivity contribution in [2.75, 3.05) is 25.0 Å². The van der Waals surface area contributed by atoms with Crippen LogP contribution in [0.5, 0.6) is 0 Å². The van der Waals surface area contributed by atoms with Gasteiger partial charge in [-0.3, -0.25) is 0 Å². The summed E-state index contributed by atoms with van der Waals surface area (Å²) in [5.74, 6) is 0.474. The second-order valence-electron chi connectivity index (χ2n) is 3.75. The molecule has 6 nitrogen and oxygen atoms in total. The summed E-state index contributed by atoms with van der Waals surface area (Å²) in [6.07, 6.45) is 1.46. The van der Waals surface area contributed by atoms with Crippen molar-refractivity contribution in [2.45, 2.75) is 20.8 Å². The first-order valence-corrected chi connectivity index (χ1v) is 7.78.